The van der Waals surface area contributed by atoms with Gasteiger partial charge in [-0.15, -0.1) is 0 Å². The van der Waals surface area contributed by atoms with Crippen molar-refractivity contribution in [2.45, 2.75) is 40.7 Å². The van der Waals surface area contributed by atoms with Crippen LogP contribution < -0.4 is 5.73 Å². The summed E-state index contributed by atoms with van der Waals surface area (Å²) in [5, 5.41) is 4.63. The van der Waals surface area contributed by atoms with Gasteiger partial charge in [0.05, 0.1) is 11.4 Å². The zero-order valence-electron chi connectivity index (χ0n) is 11.5. The summed E-state index contributed by atoms with van der Waals surface area (Å²) in [5.74, 6) is 0. The lowest BCUT2D eigenvalue weighted by Crippen LogP contribution is -2.08. The molecular weight excluding hydrogens is 224 g/mol. The van der Waals surface area contributed by atoms with Gasteiger partial charge < -0.3 is 5.73 Å². The highest BCUT2D eigenvalue weighted by Gasteiger charge is 2.13. The molecule has 0 radical (unpaired) electrons. The molecule has 2 N–H and O–H groups in total. The maximum absolute atomic E-state index is 5.78. The molecule has 0 aliphatic rings. The van der Waals surface area contributed by atoms with Gasteiger partial charge >= 0.3 is 0 Å². The number of aryl methyl sites for hydroxylation is 2. The zero-order valence-corrected chi connectivity index (χ0v) is 11.5. The minimum absolute atomic E-state index is 0.475. The Hall–Kier alpha value is -1.68. The second-order valence-electron chi connectivity index (χ2n) is 4.57. The van der Waals surface area contributed by atoms with Crippen molar-refractivity contribution in [3.63, 3.8) is 0 Å². The van der Waals surface area contributed by atoms with Crippen LogP contribution >= 0.6 is 0 Å². The standard InChI is InChI=1S/C14H20N4/c1-5-13-10(3)17-18(11(13)4)14-6-9(2)16-8-12(14)7-15/h6,8H,5,7,15H2,1-4H3. The van der Waals surface area contributed by atoms with E-state index in [9.17, 15) is 0 Å². The Balaban J connectivity index is 2.65. The highest BCUT2D eigenvalue weighted by Crippen LogP contribution is 2.21. The molecule has 0 bridgehead atoms. The van der Waals surface area contributed by atoms with E-state index in [0.717, 1.165) is 29.1 Å². The molecule has 2 rings (SSSR count). The summed E-state index contributed by atoms with van der Waals surface area (Å²) < 4.78 is 1.99. The van der Waals surface area contributed by atoms with Gasteiger partial charge in [-0.25, -0.2) is 4.68 Å². The third-order valence-corrected chi connectivity index (χ3v) is 3.34. The Morgan fingerprint density at radius 2 is 2.00 bits per heavy atom. The van der Waals surface area contributed by atoms with Crippen LogP contribution in [0.25, 0.3) is 5.69 Å². The van der Waals surface area contributed by atoms with E-state index in [1.807, 2.05) is 23.9 Å². The molecule has 0 unspecified atom stereocenters. The maximum atomic E-state index is 5.78. The first-order chi connectivity index (χ1) is 8.58. The third-order valence-electron chi connectivity index (χ3n) is 3.34. The van der Waals surface area contributed by atoms with Gasteiger partial charge in [0.2, 0.25) is 0 Å². The largest absolute Gasteiger partial charge is 0.326 e. The smallest absolute Gasteiger partial charge is 0.0727 e. The summed E-state index contributed by atoms with van der Waals surface area (Å²) in [5.41, 5.74) is 12.4. The van der Waals surface area contributed by atoms with Crippen LogP contribution in [0.5, 0.6) is 0 Å². The fourth-order valence-electron chi connectivity index (χ4n) is 2.35. The van der Waals surface area contributed by atoms with Crippen LogP contribution in [-0.4, -0.2) is 14.8 Å². The molecule has 0 aliphatic heterocycles. The van der Waals surface area contributed by atoms with E-state index in [2.05, 4.69) is 30.9 Å². The second-order valence-corrected chi connectivity index (χ2v) is 4.57. The molecule has 0 amide bonds. The lowest BCUT2D eigenvalue weighted by molar-refractivity contribution is 0.810. The number of pyridine rings is 1. The van der Waals surface area contributed by atoms with Crippen molar-refractivity contribution in [1.29, 1.82) is 0 Å². The lowest BCUT2D eigenvalue weighted by Gasteiger charge is -2.10. The number of aromatic nitrogens is 3. The quantitative estimate of drug-likeness (QED) is 0.900. The molecule has 0 aromatic carbocycles. The number of hydrogen-bond acceptors (Lipinski definition) is 3. The zero-order chi connectivity index (χ0) is 13.3. The SMILES string of the molecule is CCc1c(C)nn(-c2cc(C)ncc2CN)c1C. The monoisotopic (exact) mass is 244 g/mol. The van der Waals surface area contributed by atoms with Crippen molar-refractivity contribution in [2.75, 3.05) is 0 Å². The molecule has 2 heterocycles. The van der Waals surface area contributed by atoms with E-state index < -0.39 is 0 Å². The number of rotatable bonds is 3. The maximum Gasteiger partial charge on any atom is 0.0727 e. The molecule has 0 aliphatic carbocycles. The van der Waals surface area contributed by atoms with Crippen LogP contribution in [0.1, 0.15) is 35.1 Å². The molecular formula is C14H20N4. The fraction of sp³-hybridized carbons (Fsp3) is 0.429. The Labute approximate surface area is 108 Å². The predicted molar refractivity (Wildman–Crippen MR) is 72.8 cm³/mol. The molecule has 0 saturated heterocycles. The van der Waals surface area contributed by atoms with E-state index in [1.54, 1.807) is 0 Å². The lowest BCUT2D eigenvalue weighted by atomic mass is 10.1. The number of hydrogen-bond donors (Lipinski definition) is 1. The van der Waals surface area contributed by atoms with Crippen LogP contribution in [0.3, 0.4) is 0 Å². The first-order valence-electron chi connectivity index (χ1n) is 6.29. The summed E-state index contributed by atoms with van der Waals surface area (Å²) in [6.07, 6.45) is 2.84. The van der Waals surface area contributed by atoms with Crippen LogP contribution in [0, 0.1) is 20.8 Å². The van der Waals surface area contributed by atoms with Gasteiger partial charge in [-0.05, 0) is 38.8 Å². The molecule has 0 spiro atoms. The van der Waals surface area contributed by atoms with E-state index in [4.69, 9.17) is 5.73 Å². The van der Waals surface area contributed by atoms with Gasteiger partial charge in [-0.3, -0.25) is 4.98 Å². The van der Waals surface area contributed by atoms with Crippen LogP contribution in [0.2, 0.25) is 0 Å². The Morgan fingerprint density at radius 3 is 2.56 bits per heavy atom. The molecule has 18 heavy (non-hydrogen) atoms. The van der Waals surface area contributed by atoms with Crippen molar-refractivity contribution < 1.29 is 0 Å². The third kappa shape index (κ3) is 2.04. The van der Waals surface area contributed by atoms with Crippen molar-refractivity contribution in [1.82, 2.24) is 14.8 Å². The first-order valence-corrected chi connectivity index (χ1v) is 6.29. The average molecular weight is 244 g/mol. The van der Waals surface area contributed by atoms with Crippen molar-refractivity contribution >= 4 is 0 Å². The molecule has 4 nitrogen and oxygen atoms in total. The molecule has 96 valence electrons. The first kappa shape index (κ1) is 12.8. The number of nitrogens with two attached hydrogens (primary N) is 1. The molecule has 0 atom stereocenters. The van der Waals surface area contributed by atoms with E-state index in [-0.39, 0.29) is 0 Å². The predicted octanol–water partition coefficient (Wildman–Crippen LogP) is 2.21. The van der Waals surface area contributed by atoms with Gasteiger partial charge in [-0.2, -0.15) is 5.10 Å². The fourth-order valence-corrected chi connectivity index (χ4v) is 2.35. The summed E-state index contributed by atoms with van der Waals surface area (Å²) >= 11 is 0. The molecule has 2 aromatic heterocycles. The molecule has 0 fully saturated rings. The minimum Gasteiger partial charge on any atom is -0.326 e. The van der Waals surface area contributed by atoms with Crippen molar-refractivity contribution in [2.24, 2.45) is 5.73 Å². The van der Waals surface area contributed by atoms with E-state index >= 15 is 0 Å². The summed E-state index contributed by atoms with van der Waals surface area (Å²) in [4.78, 5) is 4.29. The van der Waals surface area contributed by atoms with Gasteiger partial charge in [0.25, 0.3) is 0 Å². The Kier molecular flexibility index (Phi) is 3.48. The van der Waals surface area contributed by atoms with Gasteiger partial charge in [-0.1, -0.05) is 6.92 Å². The van der Waals surface area contributed by atoms with E-state index in [1.165, 1.54) is 11.3 Å². The normalized spacial score (nSPS) is 10.9. The highest BCUT2D eigenvalue weighted by molar-refractivity contribution is 5.43. The van der Waals surface area contributed by atoms with Gasteiger partial charge in [0, 0.05) is 29.7 Å². The van der Waals surface area contributed by atoms with Crippen molar-refractivity contribution in [3.05, 3.63) is 40.5 Å². The minimum atomic E-state index is 0.475. The van der Waals surface area contributed by atoms with Crippen LogP contribution in [0.4, 0.5) is 0 Å². The average Bonchev–Trinajstić information content (AvgIpc) is 2.64. The number of nitrogens with zero attached hydrogens (tertiary/aromatic N) is 3. The highest BCUT2D eigenvalue weighted by atomic mass is 15.3. The van der Waals surface area contributed by atoms with Gasteiger partial charge in [0.15, 0.2) is 0 Å². The Morgan fingerprint density at radius 1 is 1.28 bits per heavy atom. The van der Waals surface area contributed by atoms with Crippen molar-refractivity contribution in [3.8, 4) is 5.69 Å². The summed E-state index contributed by atoms with van der Waals surface area (Å²) in [7, 11) is 0. The molecule has 0 saturated carbocycles. The summed E-state index contributed by atoms with van der Waals surface area (Å²) in [6, 6.07) is 2.04. The molecule has 2 aromatic rings. The summed E-state index contributed by atoms with van der Waals surface area (Å²) in [6.45, 7) is 8.77. The van der Waals surface area contributed by atoms with E-state index in [0.29, 0.717) is 6.54 Å². The van der Waals surface area contributed by atoms with Crippen LogP contribution in [-0.2, 0) is 13.0 Å². The van der Waals surface area contributed by atoms with Gasteiger partial charge in [0.1, 0.15) is 0 Å². The Bertz CT molecular complexity index is 569. The van der Waals surface area contributed by atoms with Crippen LogP contribution in [0.15, 0.2) is 12.3 Å². The molecule has 4 heteroatoms. The topological polar surface area (TPSA) is 56.7 Å². The second kappa shape index (κ2) is 4.90.